The molecule has 0 aromatic carbocycles. The molecule has 0 aliphatic heterocycles. The number of thioether (sulfide) groups is 1. The van der Waals surface area contributed by atoms with Gasteiger partial charge in [-0.25, -0.2) is 0 Å². The lowest BCUT2D eigenvalue weighted by Crippen LogP contribution is -2.30. The van der Waals surface area contributed by atoms with Gasteiger partial charge in [-0.1, -0.05) is 0 Å². The molecule has 0 spiro atoms. The molecule has 1 aromatic heterocycles. The molecule has 18 heavy (non-hydrogen) atoms. The van der Waals surface area contributed by atoms with Gasteiger partial charge in [-0.15, -0.1) is 11.8 Å². The van der Waals surface area contributed by atoms with E-state index in [0.29, 0.717) is 0 Å². The Hall–Kier alpha value is -0.780. The van der Waals surface area contributed by atoms with Crippen LogP contribution in [0.5, 0.6) is 0 Å². The average Bonchev–Trinajstić information content (AvgIpc) is 2.37. The Morgan fingerprint density at radius 2 is 2.06 bits per heavy atom. The lowest BCUT2D eigenvalue weighted by atomic mass is 10.2. The van der Waals surface area contributed by atoms with Crippen LogP contribution in [0.2, 0.25) is 0 Å². The van der Waals surface area contributed by atoms with Crippen molar-refractivity contribution in [1.29, 1.82) is 0 Å². The number of pyridine rings is 1. The van der Waals surface area contributed by atoms with Gasteiger partial charge in [-0.2, -0.15) is 4.73 Å². The van der Waals surface area contributed by atoms with E-state index in [1.54, 1.807) is 25.1 Å². The maximum absolute atomic E-state index is 11.3. The first-order valence-electron chi connectivity index (χ1n) is 6.05. The SMILES string of the molecule is COCCCOCCSc1cc[n+]([O-])c(C)c1C. The average molecular weight is 271 g/mol. The Morgan fingerprint density at radius 3 is 2.78 bits per heavy atom. The Kier molecular flexibility index (Phi) is 7.08. The highest BCUT2D eigenvalue weighted by molar-refractivity contribution is 7.99. The lowest BCUT2D eigenvalue weighted by molar-refractivity contribution is -0.613. The van der Waals surface area contributed by atoms with Crippen LogP contribution in [0.4, 0.5) is 0 Å². The Bertz CT molecular complexity index is 371. The number of aromatic nitrogens is 1. The maximum Gasteiger partial charge on any atom is 0.193 e. The Morgan fingerprint density at radius 1 is 1.28 bits per heavy atom. The van der Waals surface area contributed by atoms with Crippen LogP contribution < -0.4 is 4.73 Å². The van der Waals surface area contributed by atoms with E-state index in [4.69, 9.17) is 9.47 Å². The van der Waals surface area contributed by atoms with Gasteiger partial charge in [0.05, 0.1) is 6.61 Å². The van der Waals surface area contributed by atoms with E-state index in [1.165, 1.54) is 0 Å². The first-order valence-corrected chi connectivity index (χ1v) is 7.04. The Labute approximate surface area is 113 Å². The van der Waals surface area contributed by atoms with Crippen LogP contribution in [0.1, 0.15) is 17.7 Å². The molecule has 4 nitrogen and oxygen atoms in total. The van der Waals surface area contributed by atoms with Crippen molar-refractivity contribution < 1.29 is 14.2 Å². The van der Waals surface area contributed by atoms with Gasteiger partial charge in [0.1, 0.15) is 0 Å². The first kappa shape index (κ1) is 15.3. The lowest BCUT2D eigenvalue weighted by Gasteiger charge is -2.09. The number of methoxy groups -OCH3 is 1. The van der Waals surface area contributed by atoms with Crippen LogP contribution in [0.25, 0.3) is 0 Å². The van der Waals surface area contributed by atoms with Gasteiger partial charge < -0.3 is 14.7 Å². The summed E-state index contributed by atoms with van der Waals surface area (Å²) in [7, 11) is 1.69. The van der Waals surface area contributed by atoms with Crippen LogP contribution in [-0.2, 0) is 9.47 Å². The molecule has 0 atom stereocenters. The summed E-state index contributed by atoms with van der Waals surface area (Å²) in [4.78, 5) is 1.15. The van der Waals surface area contributed by atoms with Gasteiger partial charge in [0.15, 0.2) is 11.9 Å². The standard InChI is InChI=1S/C13H21NO3S/c1-11-12(2)14(15)6-5-13(11)18-10-9-17-8-4-7-16-3/h5-6H,4,7-10H2,1-3H3. The van der Waals surface area contributed by atoms with Gasteiger partial charge in [0.25, 0.3) is 0 Å². The molecule has 5 heteroatoms. The van der Waals surface area contributed by atoms with Gasteiger partial charge >= 0.3 is 0 Å². The normalized spacial score (nSPS) is 10.8. The minimum atomic E-state index is 0.721. The summed E-state index contributed by atoms with van der Waals surface area (Å²) >= 11 is 1.73. The van der Waals surface area contributed by atoms with E-state index in [-0.39, 0.29) is 0 Å². The molecule has 0 fully saturated rings. The van der Waals surface area contributed by atoms with Crippen LogP contribution in [-0.4, -0.2) is 32.7 Å². The molecule has 1 rings (SSSR count). The van der Waals surface area contributed by atoms with E-state index in [1.807, 2.05) is 19.9 Å². The molecule has 1 heterocycles. The molecule has 0 amide bonds. The molecule has 102 valence electrons. The Balaban J connectivity index is 2.25. The van der Waals surface area contributed by atoms with Gasteiger partial charge in [-0.3, -0.25) is 0 Å². The van der Waals surface area contributed by atoms with Crippen LogP contribution in [0, 0.1) is 19.1 Å². The highest BCUT2D eigenvalue weighted by Crippen LogP contribution is 2.22. The van der Waals surface area contributed by atoms with E-state index in [0.717, 1.165) is 52.9 Å². The molecule has 1 aromatic rings. The molecule has 0 radical (unpaired) electrons. The third-order valence-electron chi connectivity index (χ3n) is 2.73. The fraction of sp³-hybridized carbons (Fsp3) is 0.615. The summed E-state index contributed by atoms with van der Waals surface area (Å²) in [6.07, 6.45) is 2.49. The second-order valence-corrected chi connectivity index (χ2v) is 5.16. The van der Waals surface area contributed by atoms with Crippen LogP contribution in [0.3, 0.4) is 0 Å². The zero-order valence-electron chi connectivity index (χ0n) is 11.3. The van der Waals surface area contributed by atoms with Crippen molar-refractivity contribution in [1.82, 2.24) is 0 Å². The zero-order valence-corrected chi connectivity index (χ0v) is 12.1. The topological polar surface area (TPSA) is 45.4 Å². The van der Waals surface area contributed by atoms with Crippen molar-refractivity contribution in [2.24, 2.45) is 0 Å². The highest BCUT2D eigenvalue weighted by Gasteiger charge is 2.08. The number of ether oxygens (including phenoxy) is 2. The van der Waals surface area contributed by atoms with Gasteiger partial charge in [0.2, 0.25) is 0 Å². The fourth-order valence-corrected chi connectivity index (χ4v) is 2.43. The van der Waals surface area contributed by atoms with Crippen molar-refractivity contribution in [3.05, 3.63) is 28.7 Å². The van der Waals surface area contributed by atoms with E-state index in [2.05, 4.69) is 0 Å². The molecule has 0 aliphatic rings. The van der Waals surface area contributed by atoms with Crippen molar-refractivity contribution in [3.63, 3.8) is 0 Å². The first-order chi connectivity index (χ1) is 8.66. The number of nitrogens with zero attached hydrogens (tertiary/aromatic N) is 1. The van der Waals surface area contributed by atoms with E-state index >= 15 is 0 Å². The van der Waals surface area contributed by atoms with Crippen LogP contribution >= 0.6 is 11.8 Å². The minimum Gasteiger partial charge on any atom is -0.619 e. The number of hydrogen-bond donors (Lipinski definition) is 0. The highest BCUT2D eigenvalue weighted by atomic mass is 32.2. The van der Waals surface area contributed by atoms with Gasteiger partial charge in [0, 0.05) is 49.5 Å². The second-order valence-electron chi connectivity index (χ2n) is 4.02. The predicted molar refractivity (Wildman–Crippen MR) is 72.9 cm³/mol. The molecule has 0 saturated carbocycles. The zero-order chi connectivity index (χ0) is 13.4. The summed E-state index contributed by atoms with van der Waals surface area (Å²) in [6.45, 7) is 6.02. The summed E-state index contributed by atoms with van der Waals surface area (Å²) in [5, 5.41) is 11.3. The van der Waals surface area contributed by atoms with Crippen molar-refractivity contribution in [3.8, 4) is 0 Å². The molecule has 0 bridgehead atoms. The van der Waals surface area contributed by atoms with Crippen molar-refractivity contribution in [2.45, 2.75) is 25.2 Å². The summed E-state index contributed by atoms with van der Waals surface area (Å²) < 4.78 is 11.3. The monoisotopic (exact) mass is 271 g/mol. The fourth-order valence-electron chi connectivity index (χ4n) is 1.49. The molecule has 0 unspecified atom stereocenters. The molecular formula is C13H21NO3S. The van der Waals surface area contributed by atoms with Crippen molar-refractivity contribution >= 4 is 11.8 Å². The third kappa shape index (κ3) is 4.84. The summed E-state index contributed by atoms with van der Waals surface area (Å²) in [6, 6.07) is 1.87. The van der Waals surface area contributed by atoms with E-state index < -0.39 is 0 Å². The van der Waals surface area contributed by atoms with Crippen molar-refractivity contribution in [2.75, 3.05) is 32.7 Å². The second kappa shape index (κ2) is 8.34. The largest absolute Gasteiger partial charge is 0.619 e. The predicted octanol–water partition coefficient (Wildman–Crippen LogP) is 2.08. The van der Waals surface area contributed by atoms with Gasteiger partial charge in [-0.05, 0) is 13.3 Å². The third-order valence-corrected chi connectivity index (χ3v) is 3.85. The number of hydrogen-bond acceptors (Lipinski definition) is 4. The quantitative estimate of drug-likeness (QED) is 0.314. The smallest absolute Gasteiger partial charge is 0.193 e. The maximum atomic E-state index is 11.3. The van der Waals surface area contributed by atoms with Crippen LogP contribution in [0.15, 0.2) is 17.2 Å². The summed E-state index contributed by atoms with van der Waals surface area (Å²) in [5.41, 5.74) is 1.82. The molecular weight excluding hydrogens is 250 g/mol. The van der Waals surface area contributed by atoms with E-state index in [9.17, 15) is 5.21 Å². The molecule has 0 N–H and O–H groups in total. The molecule has 0 aliphatic carbocycles. The number of rotatable bonds is 8. The summed E-state index contributed by atoms with van der Waals surface area (Å²) in [5.74, 6) is 0.899. The molecule has 0 saturated heterocycles. The minimum absolute atomic E-state index is 0.721.